The molecule has 12 heavy (non-hydrogen) atoms. The van der Waals surface area contributed by atoms with Crippen LogP contribution >= 0.6 is 0 Å². The summed E-state index contributed by atoms with van der Waals surface area (Å²) in [5, 5.41) is 3.39. The van der Waals surface area contributed by atoms with Crippen LogP contribution < -0.4 is 5.32 Å². The van der Waals surface area contributed by atoms with Gasteiger partial charge in [0.25, 0.3) is 0 Å². The molecule has 0 radical (unpaired) electrons. The Morgan fingerprint density at radius 3 is 2.58 bits per heavy atom. The molecule has 0 saturated heterocycles. The van der Waals surface area contributed by atoms with E-state index in [1.807, 2.05) is 0 Å². The van der Waals surface area contributed by atoms with Gasteiger partial charge in [0.2, 0.25) is 0 Å². The molecule has 0 aliphatic heterocycles. The first-order valence-corrected chi connectivity index (χ1v) is 5.23. The summed E-state index contributed by atoms with van der Waals surface area (Å²) < 4.78 is 0. The van der Waals surface area contributed by atoms with E-state index in [0.717, 1.165) is 12.0 Å². The van der Waals surface area contributed by atoms with Gasteiger partial charge in [0.1, 0.15) is 0 Å². The standard InChI is InChI=1S/C11H23N/c1-9(2)7-11(3)6-5-10(8-11)12-4/h9-10,12H,5-8H2,1-4H3. The van der Waals surface area contributed by atoms with Crippen molar-refractivity contribution in [2.24, 2.45) is 11.3 Å². The molecule has 2 atom stereocenters. The summed E-state index contributed by atoms with van der Waals surface area (Å²) in [6.07, 6.45) is 5.56. The molecule has 0 aromatic heterocycles. The zero-order valence-electron chi connectivity index (χ0n) is 8.98. The Labute approximate surface area is 76.9 Å². The molecular formula is C11H23N. The van der Waals surface area contributed by atoms with Crippen LogP contribution in [0.5, 0.6) is 0 Å². The van der Waals surface area contributed by atoms with Crippen molar-refractivity contribution in [3.05, 3.63) is 0 Å². The molecule has 0 aromatic rings. The van der Waals surface area contributed by atoms with Gasteiger partial charge in [0, 0.05) is 6.04 Å². The first-order valence-electron chi connectivity index (χ1n) is 5.23. The Morgan fingerprint density at radius 1 is 1.50 bits per heavy atom. The molecule has 2 unspecified atom stereocenters. The average molecular weight is 169 g/mol. The summed E-state index contributed by atoms with van der Waals surface area (Å²) in [4.78, 5) is 0. The van der Waals surface area contributed by atoms with Gasteiger partial charge in [-0.1, -0.05) is 20.8 Å². The van der Waals surface area contributed by atoms with E-state index in [0.29, 0.717) is 5.41 Å². The average Bonchev–Trinajstić information content (AvgIpc) is 2.30. The van der Waals surface area contributed by atoms with Crippen LogP contribution in [0.3, 0.4) is 0 Å². The third kappa shape index (κ3) is 2.48. The van der Waals surface area contributed by atoms with Crippen LogP contribution in [0.2, 0.25) is 0 Å². The second-order valence-corrected chi connectivity index (χ2v) is 5.14. The molecule has 0 heterocycles. The summed E-state index contributed by atoms with van der Waals surface area (Å²) in [5.41, 5.74) is 0.627. The zero-order chi connectivity index (χ0) is 9.19. The summed E-state index contributed by atoms with van der Waals surface area (Å²) in [5.74, 6) is 0.852. The van der Waals surface area contributed by atoms with Gasteiger partial charge in [0.15, 0.2) is 0 Å². The second kappa shape index (κ2) is 3.78. The lowest BCUT2D eigenvalue weighted by molar-refractivity contribution is 0.259. The Kier molecular flexibility index (Phi) is 3.16. The molecule has 0 bridgehead atoms. The maximum absolute atomic E-state index is 3.39. The molecule has 1 aliphatic carbocycles. The van der Waals surface area contributed by atoms with E-state index < -0.39 is 0 Å². The van der Waals surface area contributed by atoms with E-state index in [-0.39, 0.29) is 0 Å². The van der Waals surface area contributed by atoms with Crippen LogP contribution in [-0.2, 0) is 0 Å². The molecular weight excluding hydrogens is 146 g/mol. The van der Waals surface area contributed by atoms with E-state index in [9.17, 15) is 0 Å². The fourth-order valence-electron chi connectivity index (χ4n) is 2.74. The first-order chi connectivity index (χ1) is 5.56. The Morgan fingerprint density at radius 2 is 2.17 bits per heavy atom. The van der Waals surface area contributed by atoms with Gasteiger partial charge in [-0.05, 0) is 44.1 Å². The van der Waals surface area contributed by atoms with Gasteiger partial charge < -0.3 is 5.32 Å². The second-order valence-electron chi connectivity index (χ2n) is 5.14. The van der Waals surface area contributed by atoms with Gasteiger partial charge in [-0.2, -0.15) is 0 Å². The van der Waals surface area contributed by atoms with Gasteiger partial charge >= 0.3 is 0 Å². The Bertz CT molecular complexity index is 142. The highest BCUT2D eigenvalue weighted by Crippen LogP contribution is 2.42. The minimum Gasteiger partial charge on any atom is -0.317 e. The van der Waals surface area contributed by atoms with Gasteiger partial charge in [-0.15, -0.1) is 0 Å². The fourth-order valence-corrected chi connectivity index (χ4v) is 2.74. The number of nitrogens with one attached hydrogen (secondary N) is 1. The number of hydrogen-bond acceptors (Lipinski definition) is 1. The minimum atomic E-state index is 0.627. The lowest BCUT2D eigenvalue weighted by Crippen LogP contribution is -2.24. The third-order valence-electron chi connectivity index (χ3n) is 3.14. The third-order valence-corrected chi connectivity index (χ3v) is 3.14. The van der Waals surface area contributed by atoms with Gasteiger partial charge in [-0.3, -0.25) is 0 Å². The van der Waals surface area contributed by atoms with Crippen molar-refractivity contribution in [3.8, 4) is 0 Å². The van der Waals surface area contributed by atoms with Crippen molar-refractivity contribution in [2.75, 3.05) is 7.05 Å². The molecule has 1 nitrogen and oxygen atoms in total. The number of rotatable bonds is 3. The van der Waals surface area contributed by atoms with Crippen LogP contribution in [0.25, 0.3) is 0 Å². The lowest BCUT2D eigenvalue weighted by atomic mass is 9.80. The highest BCUT2D eigenvalue weighted by atomic mass is 14.9. The Balaban J connectivity index is 2.41. The summed E-state index contributed by atoms with van der Waals surface area (Å²) in [6.45, 7) is 7.11. The van der Waals surface area contributed by atoms with Crippen LogP contribution in [0.4, 0.5) is 0 Å². The highest BCUT2D eigenvalue weighted by molar-refractivity contribution is 4.89. The normalized spacial score (nSPS) is 36.2. The topological polar surface area (TPSA) is 12.0 Å². The van der Waals surface area contributed by atoms with Gasteiger partial charge in [0.05, 0.1) is 0 Å². The maximum Gasteiger partial charge on any atom is 0.00694 e. The van der Waals surface area contributed by atoms with Crippen molar-refractivity contribution in [1.29, 1.82) is 0 Å². The molecule has 1 N–H and O–H groups in total. The number of hydrogen-bond donors (Lipinski definition) is 1. The fraction of sp³-hybridized carbons (Fsp3) is 1.00. The van der Waals surface area contributed by atoms with Crippen molar-refractivity contribution >= 4 is 0 Å². The minimum absolute atomic E-state index is 0.627. The van der Waals surface area contributed by atoms with Crippen LogP contribution in [-0.4, -0.2) is 13.1 Å². The molecule has 0 spiro atoms. The Hall–Kier alpha value is -0.0400. The molecule has 1 fully saturated rings. The van der Waals surface area contributed by atoms with E-state index in [2.05, 4.69) is 33.1 Å². The van der Waals surface area contributed by atoms with Crippen LogP contribution in [0.15, 0.2) is 0 Å². The smallest absolute Gasteiger partial charge is 0.00694 e. The molecule has 0 amide bonds. The quantitative estimate of drug-likeness (QED) is 0.685. The summed E-state index contributed by atoms with van der Waals surface area (Å²) in [7, 11) is 2.09. The van der Waals surface area contributed by atoms with Crippen molar-refractivity contribution in [3.63, 3.8) is 0 Å². The monoisotopic (exact) mass is 169 g/mol. The summed E-state index contributed by atoms with van der Waals surface area (Å²) in [6, 6.07) is 0.786. The highest BCUT2D eigenvalue weighted by Gasteiger charge is 2.34. The lowest BCUT2D eigenvalue weighted by Gasteiger charge is -2.26. The molecule has 72 valence electrons. The molecule has 1 rings (SSSR count). The SMILES string of the molecule is CNC1CCC(C)(CC(C)C)C1. The first kappa shape index (κ1) is 10.0. The van der Waals surface area contributed by atoms with Crippen molar-refractivity contribution < 1.29 is 0 Å². The molecule has 1 heteroatoms. The van der Waals surface area contributed by atoms with Crippen LogP contribution in [0, 0.1) is 11.3 Å². The van der Waals surface area contributed by atoms with Crippen LogP contribution in [0.1, 0.15) is 46.5 Å². The summed E-state index contributed by atoms with van der Waals surface area (Å²) >= 11 is 0. The molecule has 0 aromatic carbocycles. The zero-order valence-corrected chi connectivity index (χ0v) is 8.98. The maximum atomic E-state index is 3.39. The van der Waals surface area contributed by atoms with E-state index in [1.165, 1.54) is 25.7 Å². The molecule has 1 aliphatic rings. The predicted molar refractivity (Wildman–Crippen MR) is 54.3 cm³/mol. The van der Waals surface area contributed by atoms with E-state index >= 15 is 0 Å². The predicted octanol–water partition coefficient (Wildman–Crippen LogP) is 2.81. The van der Waals surface area contributed by atoms with E-state index in [1.54, 1.807) is 0 Å². The molecule has 1 saturated carbocycles. The van der Waals surface area contributed by atoms with Gasteiger partial charge in [-0.25, -0.2) is 0 Å². The van der Waals surface area contributed by atoms with Crippen molar-refractivity contribution in [2.45, 2.75) is 52.5 Å². The van der Waals surface area contributed by atoms with Crippen molar-refractivity contribution in [1.82, 2.24) is 5.32 Å². The van der Waals surface area contributed by atoms with E-state index in [4.69, 9.17) is 0 Å². The largest absolute Gasteiger partial charge is 0.317 e.